The molecule has 4 bridgehead atoms. The first kappa shape index (κ1) is 22.6. The number of amides is 1. The number of carbonyl (C=O) groups is 1. The molecule has 1 amide bonds. The van der Waals surface area contributed by atoms with E-state index in [4.69, 9.17) is 4.52 Å². The predicted molar refractivity (Wildman–Crippen MR) is 126 cm³/mol. The number of aromatic nitrogens is 3. The molecule has 0 radical (unpaired) electrons. The number of carbonyl (C=O) groups excluding carboxylic acids is 1. The van der Waals surface area contributed by atoms with Gasteiger partial charge < -0.3 is 30.1 Å². The lowest BCUT2D eigenvalue weighted by atomic mass is 9.51. The van der Waals surface area contributed by atoms with Crippen molar-refractivity contribution in [1.82, 2.24) is 20.0 Å². The van der Waals surface area contributed by atoms with Crippen molar-refractivity contribution in [2.75, 3.05) is 31.6 Å². The van der Waals surface area contributed by atoms with Crippen molar-refractivity contribution in [3.05, 3.63) is 29.4 Å². The van der Waals surface area contributed by atoms with E-state index in [1.807, 2.05) is 0 Å². The van der Waals surface area contributed by atoms with Crippen molar-refractivity contribution in [1.29, 1.82) is 0 Å². The van der Waals surface area contributed by atoms with Crippen LogP contribution >= 0.6 is 0 Å². The summed E-state index contributed by atoms with van der Waals surface area (Å²) in [6.45, 7) is -0.324. The molecule has 5 atom stereocenters. The van der Waals surface area contributed by atoms with E-state index in [2.05, 4.69) is 32.6 Å². The molecule has 5 aliphatic rings. The molecule has 10 heteroatoms. The van der Waals surface area contributed by atoms with Crippen LogP contribution in [0.4, 0.5) is 5.69 Å². The van der Waals surface area contributed by atoms with Crippen LogP contribution in [0, 0.1) is 17.8 Å². The second-order valence-electron chi connectivity index (χ2n) is 10.5. The standard InChI is InChI=1S/C25H31N5O5/c31-6-4-30(5-7-32)24(34)22-27-23(35-29-22)18-13-26-19-3-1-2-17(19)20(18)28-25-10-14-8-15(11-25)21(33)16(9-14)12-25/h1-2,13-16,21,31-33H,3-12H2,(H,26,28)/t14?,15-,16+,21?,25?. The number of rotatable bonds is 8. The van der Waals surface area contributed by atoms with Crippen molar-refractivity contribution < 1.29 is 24.6 Å². The van der Waals surface area contributed by atoms with Gasteiger partial charge in [0.25, 0.3) is 17.6 Å². The number of anilines is 1. The number of hydrogen-bond donors (Lipinski definition) is 4. The maximum atomic E-state index is 12.8. The Morgan fingerprint density at radius 2 is 1.91 bits per heavy atom. The van der Waals surface area contributed by atoms with E-state index >= 15 is 0 Å². The number of hydrogen-bond acceptors (Lipinski definition) is 9. The minimum Gasteiger partial charge on any atom is -0.395 e. The van der Waals surface area contributed by atoms with E-state index in [1.54, 1.807) is 6.20 Å². The van der Waals surface area contributed by atoms with Gasteiger partial charge >= 0.3 is 0 Å². The van der Waals surface area contributed by atoms with Gasteiger partial charge in [-0.15, -0.1) is 0 Å². The third kappa shape index (κ3) is 3.84. The molecule has 4 fully saturated rings. The Morgan fingerprint density at radius 3 is 2.63 bits per heavy atom. The zero-order chi connectivity index (χ0) is 24.2. The average molecular weight is 482 g/mol. The quantitative estimate of drug-likeness (QED) is 0.440. The SMILES string of the molecule is O=C(c1noc(-c2cnc3c(c2NC24CC5C[C@H](C2)C(O)[C@@H](C5)C4)C=CC3)n1)N(CCO)CCO. The summed E-state index contributed by atoms with van der Waals surface area (Å²) in [5.74, 6) is 0.861. The van der Waals surface area contributed by atoms with E-state index in [0.717, 1.165) is 55.5 Å². The highest BCUT2D eigenvalue weighted by Crippen LogP contribution is 2.57. The summed E-state index contributed by atoms with van der Waals surface area (Å²) in [5.41, 5.74) is 3.44. The Bertz CT molecular complexity index is 1140. The molecule has 35 heavy (non-hydrogen) atoms. The topological polar surface area (TPSA) is 145 Å². The number of nitrogens with one attached hydrogen (secondary N) is 1. The Balaban J connectivity index is 1.34. The van der Waals surface area contributed by atoms with Crippen molar-refractivity contribution in [2.45, 2.75) is 50.2 Å². The fraction of sp³-hybridized carbons (Fsp3) is 0.600. The Hall–Kier alpha value is -2.82. The van der Waals surface area contributed by atoms with Crippen LogP contribution in [0.25, 0.3) is 17.5 Å². The summed E-state index contributed by atoms with van der Waals surface area (Å²) in [6, 6.07) is 0. The summed E-state index contributed by atoms with van der Waals surface area (Å²) in [4.78, 5) is 23.1. The molecule has 0 aliphatic heterocycles. The van der Waals surface area contributed by atoms with E-state index in [1.165, 1.54) is 4.90 Å². The van der Waals surface area contributed by atoms with Crippen LogP contribution in [-0.4, -0.2) is 79.2 Å². The van der Waals surface area contributed by atoms with Crippen LogP contribution in [0.3, 0.4) is 0 Å². The number of aliphatic hydroxyl groups is 3. The molecule has 0 saturated heterocycles. The number of allylic oxidation sites excluding steroid dienone is 1. The monoisotopic (exact) mass is 481 g/mol. The number of pyridine rings is 1. The van der Waals surface area contributed by atoms with Gasteiger partial charge in [-0.3, -0.25) is 9.78 Å². The second-order valence-corrected chi connectivity index (χ2v) is 10.5. The minimum absolute atomic E-state index is 0.0686. The first-order valence-electron chi connectivity index (χ1n) is 12.5. The second kappa shape index (κ2) is 8.69. The number of aliphatic hydroxyl groups excluding tert-OH is 3. The lowest BCUT2D eigenvalue weighted by Crippen LogP contribution is -2.60. The van der Waals surface area contributed by atoms with E-state index in [-0.39, 0.29) is 49.7 Å². The fourth-order valence-electron chi connectivity index (χ4n) is 7.03. The van der Waals surface area contributed by atoms with E-state index in [0.29, 0.717) is 23.3 Å². The van der Waals surface area contributed by atoms with Gasteiger partial charge in [0, 0.05) is 36.8 Å². The third-order valence-corrected chi connectivity index (χ3v) is 8.28. The first-order valence-corrected chi connectivity index (χ1v) is 12.5. The largest absolute Gasteiger partial charge is 0.395 e. The molecule has 3 unspecified atom stereocenters. The highest BCUT2D eigenvalue weighted by Gasteiger charge is 2.55. The number of fused-ring (bicyclic) bond motifs is 1. The van der Waals surface area contributed by atoms with Crippen LogP contribution < -0.4 is 5.32 Å². The molecule has 5 aliphatic carbocycles. The van der Waals surface area contributed by atoms with Gasteiger partial charge in [0.15, 0.2) is 0 Å². The molecule has 10 nitrogen and oxygen atoms in total. The lowest BCUT2D eigenvalue weighted by molar-refractivity contribution is -0.0960. The third-order valence-electron chi connectivity index (χ3n) is 8.28. The van der Waals surface area contributed by atoms with Crippen molar-refractivity contribution in [3.63, 3.8) is 0 Å². The van der Waals surface area contributed by atoms with Crippen LogP contribution in [0.15, 0.2) is 16.8 Å². The van der Waals surface area contributed by atoms with Gasteiger partial charge in [-0.25, -0.2) is 0 Å². The first-order chi connectivity index (χ1) is 17.0. The zero-order valence-corrected chi connectivity index (χ0v) is 19.6. The van der Waals surface area contributed by atoms with Gasteiger partial charge in [0.2, 0.25) is 0 Å². The smallest absolute Gasteiger partial charge is 0.295 e. The molecule has 4 N–H and O–H groups in total. The summed E-state index contributed by atoms with van der Waals surface area (Å²) >= 11 is 0. The Labute approximate surface area is 203 Å². The summed E-state index contributed by atoms with van der Waals surface area (Å²) in [5, 5.41) is 37.0. The molecule has 7 rings (SSSR count). The predicted octanol–water partition coefficient (Wildman–Crippen LogP) is 1.48. The molecule has 4 saturated carbocycles. The minimum atomic E-state index is -0.512. The number of nitrogens with zero attached hydrogens (tertiary/aromatic N) is 4. The molecule has 2 aromatic heterocycles. The lowest BCUT2D eigenvalue weighted by Gasteiger charge is -2.59. The molecular formula is C25H31N5O5. The normalized spacial score (nSPS) is 30.0. The van der Waals surface area contributed by atoms with Crippen molar-refractivity contribution in [2.24, 2.45) is 17.8 Å². The van der Waals surface area contributed by atoms with E-state index in [9.17, 15) is 20.1 Å². The highest BCUT2D eigenvalue weighted by atomic mass is 16.5. The maximum Gasteiger partial charge on any atom is 0.295 e. The molecule has 2 aromatic rings. The van der Waals surface area contributed by atoms with Gasteiger partial charge in [0.05, 0.1) is 36.3 Å². The molecule has 0 spiro atoms. The molecule has 2 heterocycles. The molecular weight excluding hydrogens is 450 g/mol. The average Bonchev–Trinajstić information content (AvgIpc) is 3.52. The van der Waals surface area contributed by atoms with Crippen LogP contribution in [0.5, 0.6) is 0 Å². The van der Waals surface area contributed by atoms with Crippen molar-refractivity contribution >= 4 is 17.7 Å². The van der Waals surface area contributed by atoms with Crippen LogP contribution in [0.2, 0.25) is 0 Å². The fourth-order valence-corrected chi connectivity index (χ4v) is 7.03. The summed E-state index contributed by atoms with van der Waals surface area (Å²) in [7, 11) is 0. The van der Waals surface area contributed by atoms with Gasteiger partial charge in [0.1, 0.15) is 0 Å². The van der Waals surface area contributed by atoms with Crippen molar-refractivity contribution in [3.8, 4) is 11.5 Å². The van der Waals surface area contributed by atoms with Gasteiger partial charge in [-0.1, -0.05) is 17.3 Å². The Kier molecular flexibility index (Phi) is 5.62. The maximum absolute atomic E-state index is 12.8. The zero-order valence-electron chi connectivity index (χ0n) is 19.6. The van der Waals surface area contributed by atoms with Gasteiger partial charge in [-0.2, -0.15) is 4.98 Å². The molecule has 0 aromatic carbocycles. The van der Waals surface area contributed by atoms with Crippen LogP contribution in [-0.2, 0) is 6.42 Å². The molecule has 186 valence electrons. The summed E-state index contributed by atoms with van der Waals surface area (Å²) < 4.78 is 5.54. The van der Waals surface area contributed by atoms with Crippen LogP contribution in [0.1, 0.15) is 54.0 Å². The summed E-state index contributed by atoms with van der Waals surface area (Å²) in [6.07, 6.45) is 11.6. The van der Waals surface area contributed by atoms with Gasteiger partial charge in [-0.05, 0) is 49.9 Å². The highest BCUT2D eigenvalue weighted by molar-refractivity contribution is 5.91. The van der Waals surface area contributed by atoms with E-state index < -0.39 is 5.91 Å². The Morgan fingerprint density at radius 1 is 1.17 bits per heavy atom.